The zero-order chi connectivity index (χ0) is 22.5. The van der Waals surface area contributed by atoms with Crippen molar-refractivity contribution in [2.45, 2.75) is 43.8 Å². The number of rotatable bonds is 7. The molecular weight excluding hydrogens is 440 g/mol. The molecule has 8 nitrogen and oxygen atoms in total. The van der Waals surface area contributed by atoms with Crippen molar-refractivity contribution in [3.05, 3.63) is 41.3 Å². The van der Waals surface area contributed by atoms with Gasteiger partial charge in [-0.15, -0.1) is 11.3 Å². The molecule has 0 saturated carbocycles. The van der Waals surface area contributed by atoms with Crippen molar-refractivity contribution in [2.24, 2.45) is 0 Å². The number of hydrogen-bond acceptors (Lipinski definition) is 7. The summed E-state index contributed by atoms with van der Waals surface area (Å²) in [6.45, 7) is 2.24. The molecule has 3 N–H and O–H groups in total. The summed E-state index contributed by atoms with van der Waals surface area (Å²) >= 11 is 1.30. The van der Waals surface area contributed by atoms with Crippen LogP contribution >= 0.6 is 11.3 Å². The molecule has 0 bridgehead atoms. The number of hydrogen-bond donors (Lipinski definition) is 3. The SMILES string of the molecule is CCCOC(=O)Nc1cccc(-c2ccc([C@@]3(CC(=O)NO)CCCCS3(=O)=O)s2)c1. The quantitative estimate of drug-likeness (QED) is 0.418. The van der Waals surface area contributed by atoms with E-state index in [-0.39, 0.29) is 12.2 Å². The van der Waals surface area contributed by atoms with Crippen LogP contribution in [0, 0.1) is 0 Å². The fourth-order valence-corrected chi connectivity index (χ4v) is 7.53. The standard InChI is InChI=1S/C21H26N2O6S2/c1-2-11-29-20(25)22-16-7-5-6-15(13-16)17-8-9-18(30-17)21(14-19(24)23-26)10-3-4-12-31(21,27)28/h5-9,13,26H,2-4,10-12,14H2,1H3,(H,22,25)(H,23,24)/t21-/m0/s1. The Morgan fingerprint density at radius 1 is 1.23 bits per heavy atom. The predicted octanol–water partition coefficient (Wildman–Crippen LogP) is 4.06. The van der Waals surface area contributed by atoms with E-state index in [2.05, 4.69) is 5.32 Å². The molecule has 31 heavy (non-hydrogen) atoms. The van der Waals surface area contributed by atoms with Gasteiger partial charge in [-0.25, -0.2) is 18.7 Å². The van der Waals surface area contributed by atoms with E-state index < -0.39 is 26.6 Å². The van der Waals surface area contributed by atoms with Crippen LogP contribution in [0.4, 0.5) is 10.5 Å². The number of nitrogens with one attached hydrogen (secondary N) is 2. The molecule has 0 radical (unpaired) electrons. The molecule has 168 valence electrons. The third-order valence-corrected chi connectivity index (χ3v) is 9.35. The number of thiophene rings is 1. The van der Waals surface area contributed by atoms with Crippen LogP contribution in [0.3, 0.4) is 0 Å². The fourth-order valence-electron chi connectivity index (χ4n) is 3.75. The van der Waals surface area contributed by atoms with Crippen LogP contribution in [0.15, 0.2) is 36.4 Å². The van der Waals surface area contributed by atoms with E-state index in [9.17, 15) is 18.0 Å². The van der Waals surface area contributed by atoms with E-state index in [1.807, 2.05) is 19.1 Å². The van der Waals surface area contributed by atoms with E-state index in [4.69, 9.17) is 9.94 Å². The minimum absolute atomic E-state index is 0.0121. The van der Waals surface area contributed by atoms with Crippen LogP contribution in [0.25, 0.3) is 10.4 Å². The van der Waals surface area contributed by atoms with Gasteiger partial charge in [0.05, 0.1) is 18.8 Å². The monoisotopic (exact) mass is 466 g/mol. The number of anilines is 1. The summed E-state index contributed by atoms with van der Waals surface area (Å²) < 4.78 is 29.8. The fraction of sp³-hybridized carbons (Fsp3) is 0.429. The zero-order valence-corrected chi connectivity index (χ0v) is 18.9. The highest BCUT2D eigenvalue weighted by Crippen LogP contribution is 2.47. The van der Waals surface area contributed by atoms with Gasteiger partial charge in [-0.1, -0.05) is 25.5 Å². The third-order valence-electron chi connectivity index (χ3n) is 5.30. The molecule has 1 aromatic carbocycles. The normalized spacial score (nSPS) is 20.1. The van der Waals surface area contributed by atoms with Crippen molar-refractivity contribution in [1.82, 2.24) is 5.48 Å². The van der Waals surface area contributed by atoms with Crippen LogP contribution in [0.5, 0.6) is 0 Å². The topological polar surface area (TPSA) is 122 Å². The van der Waals surface area contributed by atoms with Gasteiger partial charge in [0.15, 0.2) is 9.84 Å². The molecule has 1 aromatic heterocycles. The summed E-state index contributed by atoms with van der Waals surface area (Å²) in [5.41, 5.74) is 2.94. The van der Waals surface area contributed by atoms with E-state index in [0.717, 1.165) is 16.9 Å². The summed E-state index contributed by atoms with van der Waals surface area (Å²) in [6, 6.07) is 10.7. The highest BCUT2D eigenvalue weighted by atomic mass is 32.2. The molecule has 10 heteroatoms. The second-order valence-corrected chi connectivity index (χ2v) is 11.0. The van der Waals surface area contributed by atoms with Gasteiger partial charge in [0.2, 0.25) is 5.91 Å². The molecule has 0 unspecified atom stereocenters. The van der Waals surface area contributed by atoms with E-state index in [1.54, 1.807) is 29.7 Å². The Bertz CT molecular complexity index is 1050. The van der Waals surface area contributed by atoms with Crippen molar-refractivity contribution in [2.75, 3.05) is 17.7 Å². The number of hydroxylamine groups is 1. The molecular formula is C21H26N2O6S2. The number of carbonyl (C=O) groups excluding carboxylic acids is 2. The molecule has 1 atom stereocenters. The van der Waals surface area contributed by atoms with Gasteiger partial charge in [-0.2, -0.15) is 0 Å². The third kappa shape index (κ3) is 5.08. The number of amides is 2. The van der Waals surface area contributed by atoms with Crippen molar-refractivity contribution < 1.29 is 28.0 Å². The first-order valence-electron chi connectivity index (χ1n) is 10.1. The van der Waals surface area contributed by atoms with E-state index in [0.29, 0.717) is 36.4 Å². The van der Waals surface area contributed by atoms with Gasteiger partial charge >= 0.3 is 6.09 Å². The Morgan fingerprint density at radius 2 is 2.03 bits per heavy atom. The minimum Gasteiger partial charge on any atom is -0.449 e. The van der Waals surface area contributed by atoms with Gasteiger partial charge in [-0.3, -0.25) is 15.3 Å². The number of ether oxygens (including phenoxy) is 1. The van der Waals surface area contributed by atoms with E-state index >= 15 is 0 Å². The Balaban J connectivity index is 1.91. The molecule has 1 saturated heterocycles. The largest absolute Gasteiger partial charge is 0.449 e. The molecule has 2 aromatic rings. The lowest BCUT2D eigenvalue weighted by Crippen LogP contribution is -2.43. The van der Waals surface area contributed by atoms with Crippen LogP contribution in [-0.2, 0) is 24.1 Å². The van der Waals surface area contributed by atoms with Crippen molar-refractivity contribution in [1.29, 1.82) is 0 Å². The van der Waals surface area contributed by atoms with Crippen LogP contribution in [-0.4, -0.2) is 38.0 Å². The first kappa shape index (κ1) is 23.2. The lowest BCUT2D eigenvalue weighted by atomic mass is 9.94. The first-order chi connectivity index (χ1) is 14.8. The van der Waals surface area contributed by atoms with E-state index in [1.165, 1.54) is 11.3 Å². The molecule has 1 aliphatic rings. The smallest absolute Gasteiger partial charge is 0.411 e. The van der Waals surface area contributed by atoms with Gasteiger partial charge in [0.1, 0.15) is 4.75 Å². The second kappa shape index (κ2) is 9.80. The van der Waals surface area contributed by atoms with Gasteiger partial charge < -0.3 is 4.74 Å². The Hall–Kier alpha value is -2.43. The predicted molar refractivity (Wildman–Crippen MR) is 119 cm³/mol. The Kier molecular flexibility index (Phi) is 7.34. The molecule has 2 amide bonds. The van der Waals surface area contributed by atoms with Crippen LogP contribution in [0.2, 0.25) is 0 Å². The average Bonchev–Trinajstić information content (AvgIpc) is 3.24. The summed E-state index contributed by atoms with van der Waals surface area (Å²) in [4.78, 5) is 25.2. The highest BCUT2D eigenvalue weighted by molar-refractivity contribution is 7.92. The molecule has 0 spiro atoms. The Labute approximate surface area is 185 Å². The summed E-state index contributed by atoms with van der Waals surface area (Å²) in [5.74, 6) is -0.713. The maximum atomic E-state index is 13.0. The molecule has 1 aliphatic heterocycles. The van der Waals surface area contributed by atoms with Crippen molar-refractivity contribution in [3.8, 4) is 10.4 Å². The zero-order valence-electron chi connectivity index (χ0n) is 17.2. The summed E-state index contributed by atoms with van der Waals surface area (Å²) in [6.07, 6.45) is 1.44. The second-order valence-electron chi connectivity index (χ2n) is 7.49. The van der Waals surface area contributed by atoms with Gasteiger partial charge in [0.25, 0.3) is 0 Å². The van der Waals surface area contributed by atoms with Crippen LogP contribution < -0.4 is 10.8 Å². The highest BCUT2D eigenvalue weighted by Gasteiger charge is 2.49. The van der Waals surface area contributed by atoms with Gasteiger partial charge in [-0.05, 0) is 49.1 Å². The molecule has 2 heterocycles. The molecule has 0 aliphatic carbocycles. The summed E-state index contributed by atoms with van der Waals surface area (Å²) in [7, 11) is -3.58. The number of carbonyl (C=O) groups is 2. The lowest BCUT2D eigenvalue weighted by Gasteiger charge is -2.35. The average molecular weight is 467 g/mol. The van der Waals surface area contributed by atoms with Crippen molar-refractivity contribution in [3.63, 3.8) is 0 Å². The minimum atomic E-state index is -3.58. The Morgan fingerprint density at radius 3 is 2.74 bits per heavy atom. The van der Waals surface area contributed by atoms with Gasteiger partial charge in [0, 0.05) is 15.4 Å². The van der Waals surface area contributed by atoms with Crippen LogP contribution in [0.1, 0.15) is 43.9 Å². The maximum absolute atomic E-state index is 13.0. The lowest BCUT2D eigenvalue weighted by molar-refractivity contribution is -0.130. The maximum Gasteiger partial charge on any atom is 0.411 e. The summed E-state index contributed by atoms with van der Waals surface area (Å²) in [5, 5.41) is 11.7. The number of sulfone groups is 1. The van der Waals surface area contributed by atoms with Crippen molar-refractivity contribution >= 4 is 38.9 Å². The number of benzene rings is 1. The first-order valence-corrected chi connectivity index (χ1v) is 12.6. The molecule has 1 fully saturated rings. The molecule has 3 rings (SSSR count).